The first-order valence-electron chi connectivity index (χ1n) is 10.4. The summed E-state index contributed by atoms with van der Waals surface area (Å²) >= 11 is 7.59. The maximum absolute atomic E-state index is 14.4. The normalized spacial score (nSPS) is 12.8. The van der Waals surface area contributed by atoms with Gasteiger partial charge in [-0.05, 0) is 55.8 Å². The molecule has 12 heteroatoms. The molecule has 0 aliphatic carbocycles. The quantitative estimate of drug-likeness (QED) is 0.276. The molecule has 0 atom stereocenters. The predicted octanol–water partition coefficient (Wildman–Crippen LogP) is 6.71. The molecular formula is C24H19ClF4N2O3S2. The van der Waals surface area contributed by atoms with Crippen LogP contribution in [0.15, 0.2) is 59.5 Å². The molecule has 0 amide bonds. The highest BCUT2D eigenvalue weighted by atomic mass is 35.5. The van der Waals surface area contributed by atoms with Crippen LogP contribution >= 0.6 is 22.9 Å². The van der Waals surface area contributed by atoms with E-state index in [4.69, 9.17) is 11.6 Å². The minimum absolute atomic E-state index is 0.0416. The number of hydrogen-bond donors (Lipinski definition) is 1. The van der Waals surface area contributed by atoms with Gasteiger partial charge >= 0.3 is 6.18 Å². The maximum Gasteiger partial charge on any atom is 0.421 e. The van der Waals surface area contributed by atoms with Crippen LogP contribution in [0.2, 0.25) is 5.02 Å². The molecule has 0 aliphatic heterocycles. The molecule has 0 bridgehead atoms. The lowest BCUT2D eigenvalue weighted by Gasteiger charge is -2.16. The molecule has 2 heterocycles. The van der Waals surface area contributed by atoms with Gasteiger partial charge in [-0.15, -0.1) is 11.3 Å². The average molecular weight is 559 g/mol. The summed E-state index contributed by atoms with van der Waals surface area (Å²) < 4.78 is 80.6. The molecule has 0 radical (unpaired) electrons. The van der Waals surface area contributed by atoms with Crippen LogP contribution in [-0.4, -0.2) is 29.6 Å². The van der Waals surface area contributed by atoms with Gasteiger partial charge in [-0.1, -0.05) is 29.8 Å². The number of halogens is 5. The molecule has 0 fully saturated rings. The Morgan fingerprint density at radius 3 is 2.33 bits per heavy atom. The maximum atomic E-state index is 14.4. The minimum atomic E-state index is -5.02. The lowest BCUT2D eigenvalue weighted by molar-refractivity contribution is -0.139. The highest BCUT2D eigenvalue weighted by Crippen LogP contribution is 2.44. The fraction of sp³-hybridized carbons (Fsp3) is 0.208. The van der Waals surface area contributed by atoms with Gasteiger partial charge in [0.15, 0.2) is 9.84 Å². The monoisotopic (exact) mass is 558 g/mol. The van der Waals surface area contributed by atoms with Crippen LogP contribution in [0.1, 0.15) is 25.1 Å². The molecule has 0 saturated carbocycles. The van der Waals surface area contributed by atoms with E-state index in [0.717, 1.165) is 34.4 Å². The predicted molar refractivity (Wildman–Crippen MR) is 131 cm³/mol. The highest BCUT2D eigenvalue weighted by Gasteiger charge is 2.39. The summed E-state index contributed by atoms with van der Waals surface area (Å²) in [6.07, 6.45) is -3.94. The molecule has 0 saturated heterocycles. The topological polar surface area (TPSA) is 72.2 Å². The van der Waals surface area contributed by atoms with Gasteiger partial charge in [0.2, 0.25) is 0 Å². The minimum Gasteiger partial charge on any atom is -0.384 e. The molecular weight excluding hydrogens is 540 g/mol. The fourth-order valence-corrected chi connectivity index (χ4v) is 5.66. The van der Waals surface area contributed by atoms with Gasteiger partial charge in [-0.3, -0.25) is 0 Å². The van der Waals surface area contributed by atoms with Crippen LogP contribution in [0, 0.1) is 5.82 Å². The highest BCUT2D eigenvalue weighted by molar-refractivity contribution is 7.90. The summed E-state index contributed by atoms with van der Waals surface area (Å²) in [4.78, 5) is 0.945. The second-order valence-electron chi connectivity index (χ2n) is 8.61. The van der Waals surface area contributed by atoms with Crippen molar-refractivity contribution < 1.29 is 31.1 Å². The Kier molecular flexibility index (Phi) is 6.57. The van der Waals surface area contributed by atoms with Crippen molar-refractivity contribution in [2.45, 2.75) is 30.5 Å². The third-order valence-corrected chi connectivity index (χ3v) is 8.03. The number of rotatable bonds is 5. The molecule has 0 aliphatic rings. The number of sulfone groups is 1. The van der Waals surface area contributed by atoms with E-state index in [1.165, 1.54) is 32.0 Å². The number of hydrogen-bond acceptors (Lipinski definition) is 5. The van der Waals surface area contributed by atoms with Gasteiger partial charge in [0.25, 0.3) is 0 Å². The van der Waals surface area contributed by atoms with E-state index in [1.807, 2.05) is 0 Å². The lowest BCUT2D eigenvalue weighted by atomic mass is 10.1. The van der Waals surface area contributed by atoms with Crippen LogP contribution in [0.4, 0.5) is 17.6 Å². The summed E-state index contributed by atoms with van der Waals surface area (Å²) in [6.45, 7) is 2.83. The van der Waals surface area contributed by atoms with Gasteiger partial charge in [0.05, 0.1) is 31.9 Å². The van der Waals surface area contributed by atoms with Crippen LogP contribution in [0.5, 0.6) is 0 Å². The van der Waals surface area contributed by atoms with Crippen LogP contribution in [0.3, 0.4) is 0 Å². The van der Waals surface area contributed by atoms with Gasteiger partial charge < -0.3 is 5.11 Å². The summed E-state index contributed by atoms with van der Waals surface area (Å²) in [7, 11) is -3.48. The largest absolute Gasteiger partial charge is 0.421 e. The first-order chi connectivity index (χ1) is 16.6. The van der Waals surface area contributed by atoms with Crippen molar-refractivity contribution in [3.63, 3.8) is 0 Å². The van der Waals surface area contributed by atoms with E-state index in [0.29, 0.717) is 21.4 Å². The Balaban J connectivity index is 1.96. The summed E-state index contributed by atoms with van der Waals surface area (Å²) in [6, 6.07) is 12.0. The van der Waals surface area contributed by atoms with Crippen molar-refractivity contribution in [1.82, 2.24) is 9.78 Å². The summed E-state index contributed by atoms with van der Waals surface area (Å²) in [5, 5.41) is 14.8. The van der Waals surface area contributed by atoms with Crippen LogP contribution in [-0.2, 0) is 21.6 Å². The third kappa shape index (κ3) is 5.06. The van der Waals surface area contributed by atoms with Crippen molar-refractivity contribution >= 4 is 32.8 Å². The second kappa shape index (κ2) is 8.98. The van der Waals surface area contributed by atoms with E-state index in [9.17, 15) is 31.1 Å². The number of aromatic nitrogens is 2. The van der Waals surface area contributed by atoms with Crippen molar-refractivity contribution in [2.24, 2.45) is 0 Å². The molecule has 2 aromatic carbocycles. The number of alkyl halides is 3. The zero-order chi connectivity index (χ0) is 26.6. The average Bonchev–Trinajstić information content (AvgIpc) is 3.36. The van der Waals surface area contributed by atoms with Gasteiger partial charge in [-0.25, -0.2) is 17.5 Å². The van der Waals surface area contributed by atoms with Gasteiger partial charge in [-0.2, -0.15) is 18.3 Å². The standard InChI is InChI=1S/C24H19ClF4N2O3S2/c1-23(2,32)20-12-18(31(30-20)17-9-5-8-16(26)21(17)24(27,28)29)22-15(25)11-19(35-22)13-6-4-7-14(10-13)36(3,33)34/h4-12,32H,1-3H3. The molecule has 2 aromatic heterocycles. The van der Waals surface area contributed by atoms with E-state index in [1.54, 1.807) is 18.2 Å². The molecule has 4 aromatic rings. The molecule has 0 spiro atoms. The molecule has 4 rings (SSSR count). The molecule has 0 unspecified atom stereocenters. The van der Waals surface area contributed by atoms with Crippen molar-refractivity contribution in [1.29, 1.82) is 0 Å². The van der Waals surface area contributed by atoms with E-state index >= 15 is 0 Å². The number of nitrogens with zero attached hydrogens (tertiary/aromatic N) is 2. The zero-order valence-corrected chi connectivity index (χ0v) is 21.4. The van der Waals surface area contributed by atoms with E-state index < -0.39 is 38.7 Å². The lowest BCUT2D eigenvalue weighted by Crippen LogP contribution is -2.18. The Bertz CT molecular complexity index is 1570. The van der Waals surface area contributed by atoms with Crippen LogP contribution < -0.4 is 0 Å². The van der Waals surface area contributed by atoms with Crippen molar-refractivity contribution in [3.05, 3.63) is 76.7 Å². The van der Waals surface area contributed by atoms with Crippen LogP contribution in [0.25, 0.3) is 26.7 Å². The van der Waals surface area contributed by atoms with Gasteiger partial charge in [0, 0.05) is 11.1 Å². The SMILES string of the molecule is CC(C)(O)c1cc(-c2sc(-c3cccc(S(C)(=O)=O)c3)cc2Cl)n(-c2cccc(F)c2C(F)(F)F)n1. The smallest absolute Gasteiger partial charge is 0.384 e. The molecule has 36 heavy (non-hydrogen) atoms. The van der Waals surface area contributed by atoms with E-state index in [-0.39, 0.29) is 21.3 Å². The summed E-state index contributed by atoms with van der Waals surface area (Å²) in [5.41, 5.74) is -2.93. The number of benzene rings is 2. The second-order valence-corrected chi connectivity index (χ2v) is 12.1. The van der Waals surface area contributed by atoms with Crippen molar-refractivity contribution in [2.75, 3.05) is 6.26 Å². The Labute approximate surface area is 213 Å². The first kappa shape index (κ1) is 26.3. The number of thiophene rings is 1. The Hall–Kier alpha value is -2.73. The Morgan fingerprint density at radius 2 is 1.72 bits per heavy atom. The fourth-order valence-electron chi connectivity index (χ4n) is 3.56. The molecule has 1 N–H and O–H groups in total. The number of aliphatic hydroxyl groups is 1. The molecule has 190 valence electrons. The van der Waals surface area contributed by atoms with E-state index in [2.05, 4.69) is 5.10 Å². The van der Waals surface area contributed by atoms with Gasteiger partial charge in [0.1, 0.15) is 17.0 Å². The third-order valence-electron chi connectivity index (χ3n) is 5.31. The first-order valence-corrected chi connectivity index (χ1v) is 13.4. The summed E-state index contributed by atoms with van der Waals surface area (Å²) in [5.74, 6) is -1.47. The van der Waals surface area contributed by atoms with Crippen molar-refractivity contribution in [3.8, 4) is 26.7 Å². The zero-order valence-electron chi connectivity index (χ0n) is 19.1. The Morgan fingerprint density at radius 1 is 1.06 bits per heavy atom. The molecule has 5 nitrogen and oxygen atoms in total.